The molecule has 1 heterocycles. The number of hydrogen-bond donors (Lipinski definition) is 0. The van der Waals surface area contributed by atoms with Gasteiger partial charge >= 0.3 is 0 Å². The lowest BCUT2D eigenvalue weighted by Crippen LogP contribution is -2.33. The molecule has 0 fully saturated rings. The summed E-state index contributed by atoms with van der Waals surface area (Å²) in [5.41, 5.74) is 2.89. The van der Waals surface area contributed by atoms with Gasteiger partial charge in [-0.3, -0.25) is 4.79 Å². The number of rotatable bonds is 7. The van der Waals surface area contributed by atoms with Gasteiger partial charge in [-0.2, -0.15) is 0 Å². The van der Waals surface area contributed by atoms with E-state index in [2.05, 4.69) is 34.6 Å². The van der Waals surface area contributed by atoms with Gasteiger partial charge in [-0.15, -0.1) is 0 Å². The summed E-state index contributed by atoms with van der Waals surface area (Å²) in [4.78, 5) is 17.1. The molecule has 0 aliphatic rings. The standard InChI is InChI=1S/C19H29N3O2/c1-7-21(8-2)19(23)17-18(24-6)15-10-9-14(3)13-16(15)22(17)12-11-20(4)5/h9-10,13H,7-8,11-12H2,1-6H3. The van der Waals surface area contributed by atoms with Gasteiger partial charge in [-0.25, -0.2) is 0 Å². The van der Waals surface area contributed by atoms with Crippen LogP contribution in [-0.2, 0) is 6.54 Å². The molecule has 0 radical (unpaired) electrons. The average Bonchev–Trinajstić information content (AvgIpc) is 2.86. The van der Waals surface area contributed by atoms with Gasteiger partial charge in [0, 0.05) is 31.6 Å². The maximum atomic E-state index is 13.1. The summed E-state index contributed by atoms with van der Waals surface area (Å²) < 4.78 is 7.78. The van der Waals surface area contributed by atoms with Crippen molar-refractivity contribution in [3.63, 3.8) is 0 Å². The molecule has 132 valence electrons. The van der Waals surface area contributed by atoms with E-state index in [0.717, 1.165) is 24.0 Å². The van der Waals surface area contributed by atoms with Gasteiger partial charge in [0.25, 0.3) is 5.91 Å². The molecule has 0 bridgehead atoms. The van der Waals surface area contributed by atoms with E-state index in [1.807, 2.05) is 32.8 Å². The number of ether oxygens (including phenoxy) is 1. The highest BCUT2D eigenvalue weighted by atomic mass is 16.5. The van der Waals surface area contributed by atoms with Gasteiger partial charge in [0.2, 0.25) is 0 Å². The highest BCUT2D eigenvalue weighted by Gasteiger charge is 2.26. The van der Waals surface area contributed by atoms with Crippen LogP contribution in [0.1, 0.15) is 29.9 Å². The molecule has 2 aromatic rings. The van der Waals surface area contributed by atoms with Crippen LogP contribution in [-0.4, -0.2) is 61.1 Å². The fourth-order valence-electron chi connectivity index (χ4n) is 3.04. The number of fused-ring (bicyclic) bond motifs is 1. The summed E-state index contributed by atoms with van der Waals surface area (Å²) in [5, 5.41) is 0.998. The van der Waals surface area contributed by atoms with Crippen LogP contribution < -0.4 is 4.74 Å². The summed E-state index contributed by atoms with van der Waals surface area (Å²) in [6.07, 6.45) is 0. The molecule has 5 nitrogen and oxygen atoms in total. The van der Waals surface area contributed by atoms with E-state index in [9.17, 15) is 4.79 Å². The van der Waals surface area contributed by atoms with Crippen molar-refractivity contribution in [2.75, 3.05) is 40.8 Å². The molecule has 24 heavy (non-hydrogen) atoms. The van der Waals surface area contributed by atoms with Crippen LogP contribution in [0.3, 0.4) is 0 Å². The number of carbonyl (C=O) groups is 1. The minimum absolute atomic E-state index is 0.0319. The maximum Gasteiger partial charge on any atom is 0.274 e. The summed E-state index contributed by atoms with van der Waals surface area (Å²) in [7, 11) is 5.73. The van der Waals surface area contributed by atoms with Gasteiger partial charge in [-0.05, 0) is 52.6 Å². The van der Waals surface area contributed by atoms with Crippen molar-refractivity contribution in [1.29, 1.82) is 0 Å². The Balaban J connectivity index is 2.69. The van der Waals surface area contributed by atoms with E-state index in [1.165, 1.54) is 5.56 Å². The third kappa shape index (κ3) is 3.41. The van der Waals surface area contributed by atoms with E-state index in [-0.39, 0.29) is 5.91 Å². The molecule has 2 rings (SSSR count). The van der Waals surface area contributed by atoms with Crippen molar-refractivity contribution in [1.82, 2.24) is 14.4 Å². The van der Waals surface area contributed by atoms with E-state index in [4.69, 9.17) is 4.74 Å². The first-order valence-electron chi connectivity index (χ1n) is 8.55. The molecule has 0 atom stereocenters. The third-order valence-electron chi connectivity index (χ3n) is 4.40. The van der Waals surface area contributed by atoms with Crippen LogP contribution in [0.2, 0.25) is 0 Å². The molecule has 0 saturated carbocycles. The number of likely N-dealkylation sites (N-methyl/N-ethyl adjacent to an activating group) is 1. The zero-order valence-electron chi connectivity index (χ0n) is 15.7. The molecule has 0 N–H and O–H groups in total. The van der Waals surface area contributed by atoms with Crippen molar-refractivity contribution >= 4 is 16.8 Å². The van der Waals surface area contributed by atoms with Crippen LogP contribution in [0.25, 0.3) is 10.9 Å². The van der Waals surface area contributed by atoms with Crippen molar-refractivity contribution in [2.45, 2.75) is 27.3 Å². The number of methoxy groups -OCH3 is 1. The maximum absolute atomic E-state index is 13.1. The van der Waals surface area contributed by atoms with E-state index in [0.29, 0.717) is 24.5 Å². The van der Waals surface area contributed by atoms with Crippen molar-refractivity contribution in [2.24, 2.45) is 0 Å². The number of aryl methyl sites for hydroxylation is 1. The SMILES string of the molecule is CCN(CC)C(=O)c1c(OC)c2ccc(C)cc2n1CCN(C)C. The van der Waals surface area contributed by atoms with Crippen molar-refractivity contribution in [3.05, 3.63) is 29.5 Å². The molecule has 0 saturated heterocycles. The van der Waals surface area contributed by atoms with Crippen LogP contribution in [0.5, 0.6) is 5.75 Å². The Hall–Kier alpha value is -2.01. The topological polar surface area (TPSA) is 37.7 Å². The van der Waals surface area contributed by atoms with Crippen molar-refractivity contribution < 1.29 is 9.53 Å². The minimum Gasteiger partial charge on any atom is -0.494 e. The number of hydrogen-bond acceptors (Lipinski definition) is 3. The Morgan fingerprint density at radius 1 is 1.21 bits per heavy atom. The van der Waals surface area contributed by atoms with Crippen LogP contribution in [0, 0.1) is 6.92 Å². The predicted molar refractivity (Wildman–Crippen MR) is 99.0 cm³/mol. The zero-order valence-corrected chi connectivity index (χ0v) is 15.7. The van der Waals surface area contributed by atoms with Gasteiger partial charge < -0.3 is 19.1 Å². The monoisotopic (exact) mass is 331 g/mol. The number of nitrogens with zero attached hydrogens (tertiary/aromatic N) is 3. The fraction of sp³-hybridized carbons (Fsp3) is 0.526. The lowest BCUT2D eigenvalue weighted by Gasteiger charge is -2.21. The summed E-state index contributed by atoms with van der Waals surface area (Å²) >= 11 is 0. The van der Waals surface area contributed by atoms with Crippen LogP contribution in [0.4, 0.5) is 0 Å². The molecule has 0 aliphatic carbocycles. The Bertz CT molecular complexity index is 715. The summed E-state index contributed by atoms with van der Waals surface area (Å²) in [6, 6.07) is 6.24. The van der Waals surface area contributed by atoms with E-state index < -0.39 is 0 Å². The van der Waals surface area contributed by atoms with E-state index >= 15 is 0 Å². The Kier molecular flexibility index (Phi) is 5.89. The smallest absolute Gasteiger partial charge is 0.274 e. The molecule has 5 heteroatoms. The Morgan fingerprint density at radius 3 is 2.42 bits per heavy atom. The molecule has 0 aliphatic heterocycles. The molecular formula is C19H29N3O2. The summed E-state index contributed by atoms with van der Waals surface area (Å²) in [5.74, 6) is 0.713. The fourth-order valence-corrected chi connectivity index (χ4v) is 3.04. The molecular weight excluding hydrogens is 302 g/mol. The number of aromatic nitrogens is 1. The lowest BCUT2D eigenvalue weighted by molar-refractivity contribution is 0.0758. The highest BCUT2D eigenvalue weighted by molar-refractivity contribution is 6.04. The molecule has 1 aromatic heterocycles. The first-order valence-corrected chi connectivity index (χ1v) is 8.55. The van der Waals surface area contributed by atoms with Crippen LogP contribution >= 0.6 is 0 Å². The molecule has 0 unspecified atom stereocenters. The Labute approximate surface area is 144 Å². The lowest BCUT2D eigenvalue weighted by atomic mass is 10.1. The zero-order chi connectivity index (χ0) is 17.9. The average molecular weight is 331 g/mol. The predicted octanol–water partition coefficient (Wildman–Crippen LogP) is 3.00. The van der Waals surface area contributed by atoms with Gasteiger partial charge in [0.05, 0.1) is 12.6 Å². The normalized spacial score (nSPS) is 11.3. The second kappa shape index (κ2) is 7.71. The third-order valence-corrected chi connectivity index (χ3v) is 4.40. The quantitative estimate of drug-likeness (QED) is 0.783. The number of amides is 1. The van der Waals surface area contributed by atoms with Crippen molar-refractivity contribution in [3.8, 4) is 5.75 Å². The molecule has 1 aromatic carbocycles. The molecule has 1 amide bonds. The Morgan fingerprint density at radius 2 is 1.88 bits per heavy atom. The molecule has 0 spiro atoms. The van der Waals surface area contributed by atoms with Gasteiger partial charge in [0.15, 0.2) is 11.4 Å². The highest BCUT2D eigenvalue weighted by Crippen LogP contribution is 2.34. The first-order chi connectivity index (χ1) is 11.4. The second-order valence-corrected chi connectivity index (χ2v) is 6.33. The largest absolute Gasteiger partial charge is 0.494 e. The van der Waals surface area contributed by atoms with Crippen LogP contribution in [0.15, 0.2) is 18.2 Å². The van der Waals surface area contributed by atoms with Gasteiger partial charge in [-0.1, -0.05) is 6.07 Å². The van der Waals surface area contributed by atoms with E-state index in [1.54, 1.807) is 7.11 Å². The van der Waals surface area contributed by atoms with Gasteiger partial charge in [0.1, 0.15) is 0 Å². The first kappa shape index (κ1) is 18.3. The summed E-state index contributed by atoms with van der Waals surface area (Å²) in [6.45, 7) is 9.06. The number of benzene rings is 1. The number of carbonyl (C=O) groups excluding carboxylic acids is 1. The minimum atomic E-state index is 0.0319. The second-order valence-electron chi connectivity index (χ2n) is 6.33.